The van der Waals surface area contributed by atoms with Gasteiger partial charge in [-0.15, -0.1) is 0 Å². The Kier molecular flexibility index (Phi) is 3.34. The van der Waals surface area contributed by atoms with Crippen LogP contribution in [0.15, 0.2) is 0 Å². The molecule has 0 atom stereocenters. The summed E-state index contributed by atoms with van der Waals surface area (Å²) >= 11 is 0. The monoisotopic (exact) mass is 172 g/mol. The van der Waals surface area contributed by atoms with E-state index in [-0.39, 0.29) is 6.04 Å². The van der Waals surface area contributed by atoms with Crippen LogP contribution in [0.3, 0.4) is 0 Å². The van der Waals surface area contributed by atoms with Crippen molar-refractivity contribution in [3.8, 4) is 0 Å². The first-order valence-corrected chi connectivity index (χ1v) is 4.45. The maximum Gasteiger partial charge on any atom is 0.341 e. The summed E-state index contributed by atoms with van der Waals surface area (Å²) in [5.41, 5.74) is 0. The van der Waals surface area contributed by atoms with E-state index in [4.69, 9.17) is 0 Å². The van der Waals surface area contributed by atoms with Gasteiger partial charge in [0, 0.05) is 7.05 Å². The van der Waals surface area contributed by atoms with Crippen molar-refractivity contribution >= 4 is 6.03 Å². The molecule has 0 saturated heterocycles. The fraction of sp³-hybridized carbons (Fsp3) is 0.875. The number of nitrogens with one attached hydrogen (secondary N) is 1. The number of carbonyl (C=O) groups excluding carboxylic acids is 1. The van der Waals surface area contributed by atoms with Crippen molar-refractivity contribution in [1.29, 1.82) is 0 Å². The predicted octanol–water partition coefficient (Wildman–Crippen LogP) is 1.35. The molecule has 0 unspecified atom stereocenters. The van der Waals surface area contributed by atoms with Crippen LogP contribution in [-0.4, -0.2) is 29.4 Å². The van der Waals surface area contributed by atoms with Crippen molar-refractivity contribution in [2.24, 2.45) is 0 Å². The lowest BCUT2D eigenvalue weighted by Gasteiger charge is -2.28. The molecule has 70 valence electrons. The molecule has 0 radical (unpaired) electrons. The molecule has 2 amide bonds. The summed E-state index contributed by atoms with van der Waals surface area (Å²) in [7, 11) is 1.52. The molecule has 2 N–H and O–H groups in total. The molecule has 0 aromatic heterocycles. The Balaban J connectivity index is 2.39. The van der Waals surface area contributed by atoms with E-state index in [0.717, 1.165) is 30.7 Å². The zero-order valence-corrected chi connectivity index (χ0v) is 7.42. The van der Waals surface area contributed by atoms with Gasteiger partial charge in [-0.05, 0) is 12.8 Å². The standard InChI is InChI=1S/C8H16N2O2/c1-9-8(11)10(12)7-5-3-2-4-6-7/h7,12H,2-6H2,1H3,(H,9,11). The quantitative estimate of drug-likeness (QED) is 0.463. The number of amides is 2. The van der Waals surface area contributed by atoms with Crippen molar-refractivity contribution in [2.75, 3.05) is 7.05 Å². The van der Waals surface area contributed by atoms with Gasteiger partial charge < -0.3 is 5.32 Å². The normalized spacial score (nSPS) is 18.8. The van der Waals surface area contributed by atoms with Crippen molar-refractivity contribution in [3.05, 3.63) is 0 Å². The minimum absolute atomic E-state index is 0.0266. The highest BCUT2D eigenvalue weighted by atomic mass is 16.5. The minimum Gasteiger partial charge on any atom is -0.339 e. The van der Waals surface area contributed by atoms with E-state index in [9.17, 15) is 10.0 Å². The topological polar surface area (TPSA) is 52.6 Å². The van der Waals surface area contributed by atoms with Gasteiger partial charge in [0.15, 0.2) is 0 Å². The Bertz CT molecular complexity index is 155. The van der Waals surface area contributed by atoms with Gasteiger partial charge in [0.05, 0.1) is 6.04 Å². The molecule has 0 heterocycles. The second-order valence-electron chi connectivity index (χ2n) is 3.19. The highest BCUT2D eigenvalue weighted by Gasteiger charge is 2.22. The lowest BCUT2D eigenvalue weighted by molar-refractivity contribution is -0.0864. The van der Waals surface area contributed by atoms with E-state index in [1.165, 1.54) is 13.5 Å². The molecule has 0 aliphatic heterocycles. The maximum atomic E-state index is 11.0. The highest BCUT2D eigenvalue weighted by Crippen LogP contribution is 2.21. The first-order valence-electron chi connectivity index (χ1n) is 4.45. The summed E-state index contributed by atoms with van der Waals surface area (Å²) in [5, 5.41) is 12.6. The fourth-order valence-corrected chi connectivity index (χ4v) is 1.61. The van der Waals surface area contributed by atoms with Crippen molar-refractivity contribution in [3.63, 3.8) is 0 Å². The summed E-state index contributed by atoms with van der Waals surface area (Å²) in [6, 6.07) is -0.374. The Morgan fingerprint density at radius 1 is 1.42 bits per heavy atom. The molecular formula is C8H16N2O2. The number of hydrogen-bond acceptors (Lipinski definition) is 2. The number of rotatable bonds is 1. The van der Waals surface area contributed by atoms with Crippen LogP contribution in [0.1, 0.15) is 32.1 Å². The Morgan fingerprint density at radius 3 is 2.50 bits per heavy atom. The number of carbonyl (C=O) groups is 1. The molecule has 0 aromatic carbocycles. The summed E-state index contributed by atoms with van der Waals surface area (Å²) < 4.78 is 0. The van der Waals surface area contributed by atoms with Crippen LogP contribution >= 0.6 is 0 Å². The zero-order chi connectivity index (χ0) is 8.97. The SMILES string of the molecule is CNC(=O)N(O)C1CCCCC1. The zero-order valence-electron chi connectivity index (χ0n) is 7.42. The van der Waals surface area contributed by atoms with Gasteiger partial charge in [-0.1, -0.05) is 19.3 Å². The van der Waals surface area contributed by atoms with Crippen molar-refractivity contribution in [2.45, 2.75) is 38.1 Å². The van der Waals surface area contributed by atoms with Crippen LogP contribution in [0.5, 0.6) is 0 Å². The second kappa shape index (κ2) is 4.30. The number of urea groups is 1. The smallest absolute Gasteiger partial charge is 0.339 e. The predicted molar refractivity (Wildman–Crippen MR) is 45.0 cm³/mol. The molecule has 4 heteroatoms. The summed E-state index contributed by atoms with van der Waals surface area (Å²) in [4.78, 5) is 11.0. The third-order valence-electron chi connectivity index (χ3n) is 2.34. The van der Waals surface area contributed by atoms with Crippen molar-refractivity contribution < 1.29 is 10.0 Å². The van der Waals surface area contributed by atoms with E-state index in [1.807, 2.05) is 0 Å². The van der Waals surface area contributed by atoms with Gasteiger partial charge in [0.1, 0.15) is 0 Å². The van der Waals surface area contributed by atoms with Gasteiger partial charge >= 0.3 is 6.03 Å². The van der Waals surface area contributed by atoms with Crippen LogP contribution in [-0.2, 0) is 0 Å². The van der Waals surface area contributed by atoms with Crippen LogP contribution in [0.2, 0.25) is 0 Å². The van der Waals surface area contributed by atoms with Gasteiger partial charge in [0.2, 0.25) is 0 Å². The molecule has 0 bridgehead atoms. The number of hydroxylamine groups is 2. The fourth-order valence-electron chi connectivity index (χ4n) is 1.61. The van der Waals surface area contributed by atoms with Crippen LogP contribution in [0.25, 0.3) is 0 Å². The van der Waals surface area contributed by atoms with Crippen molar-refractivity contribution in [1.82, 2.24) is 10.4 Å². The van der Waals surface area contributed by atoms with E-state index in [2.05, 4.69) is 5.32 Å². The van der Waals surface area contributed by atoms with Gasteiger partial charge in [-0.3, -0.25) is 5.21 Å². The molecule has 1 aliphatic rings. The molecule has 4 nitrogen and oxygen atoms in total. The van der Waals surface area contributed by atoms with E-state index in [1.54, 1.807) is 0 Å². The average Bonchev–Trinajstić information content (AvgIpc) is 2.17. The Morgan fingerprint density at radius 2 is 2.00 bits per heavy atom. The molecule has 1 rings (SSSR count). The molecule has 0 spiro atoms. The summed E-state index contributed by atoms with van der Waals surface area (Å²) in [6.07, 6.45) is 5.28. The lowest BCUT2D eigenvalue weighted by atomic mass is 9.95. The summed E-state index contributed by atoms with van der Waals surface area (Å²) in [5.74, 6) is 0. The molecule has 1 fully saturated rings. The van der Waals surface area contributed by atoms with E-state index < -0.39 is 6.03 Å². The second-order valence-corrected chi connectivity index (χ2v) is 3.19. The van der Waals surface area contributed by atoms with Crippen LogP contribution in [0.4, 0.5) is 4.79 Å². The van der Waals surface area contributed by atoms with Gasteiger partial charge in [-0.2, -0.15) is 0 Å². The first kappa shape index (κ1) is 9.32. The average molecular weight is 172 g/mol. The third kappa shape index (κ3) is 2.11. The third-order valence-corrected chi connectivity index (χ3v) is 2.34. The molecular weight excluding hydrogens is 156 g/mol. The Hall–Kier alpha value is -0.770. The summed E-state index contributed by atoms with van der Waals surface area (Å²) in [6.45, 7) is 0. The maximum absolute atomic E-state index is 11.0. The molecule has 0 aromatic rings. The van der Waals surface area contributed by atoms with Crippen LogP contribution < -0.4 is 5.32 Å². The largest absolute Gasteiger partial charge is 0.341 e. The van der Waals surface area contributed by atoms with Crippen LogP contribution in [0, 0.1) is 0 Å². The molecule has 1 aliphatic carbocycles. The first-order chi connectivity index (χ1) is 5.75. The van der Waals surface area contributed by atoms with Gasteiger partial charge in [0.25, 0.3) is 0 Å². The lowest BCUT2D eigenvalue weighted by Crippen LogP contribution is -2.43. The van der Waals surface area contributed by atoms with Gasteiger partial charge in [-0.25, -0.2) is 9.86 Å². The molecule has 12 heavy (non-hydrogen) atoms. The number of nitrogens with zero attached hydrogens (tertiary/aromatic N) is 1. The Labute approximate surface area is 72.5 Å². The highest BCUT2D eigenvalue weighted by molar-refractivity contribution is 5.72. The molecule has 1 saturated carbocycles. The van der Waals surface area contributed by atoms with E-state index in [0.29, 0.717) is 0 Å². The minimum atomic E-state index is -0.401. The van der Waals surface area contributed by atoms with E-state index >= 15 is 0 Å². The number of hydrogen-bond donors (Lipinski definition) is 2.